The van der Waals surface area contributed by atoms with Gasteiger partial charge in [0.25, 0.3) is 0 Å². The van der Waals surface area contributed by atoms with Crippen molar-refractivity contribution in [3.8, 4) is 0 Å². The summed E-state index contributed by atoms with van der Waals surface area (Å²) in [5.74, 6) is 0. The highest BCUT2D eigenvalue weighted by atomic mass is 16.6. The van der Waals surface area contributed by atoms with Crippen molar-refractivity contribution >= 4 is 22.8 Å². The molecule has 0 atom stereocenters. The molecule has 1 aliphatic heterocycles. The summed E-state index contributed by atoms with van der Waals surface area (Å²) < 4.78 is 5.48. The minimum atomic E-state index is -0.455. The van der Waals surface area contributed by atoms with Gasteiger partial charge >= 0.3 is 6.09 Å². The SMILES string of the molecule is CC(C)(C)OC(=O)N1CCCN(c2cccc3[nH]cnc23)CC1. The van der Waals surface area contributed by atoms with Gasteiger partial charge in [0.1, 0.15) is 11.1 Å². The predicted octanol–water partition coefficient (Wildman–Crippen LogP) is 3.01. The number of anilines is 1. The first-order valence-electron chi connectivity index (χ1n) is 8.09. The number of carbonyl (C=O) groups excluding carboxylic acids is 1. The zero-order valence-electron chi connectivity index (χ0n) is 14.0. The van der Waals surface area contributed by atoms with Gasteiger partial charge in [0.15, 0.2) is 0 Å². The Labute approximate surface area is 136 Å². The van der Waals surface area contributed by atoms with Crippen molar-refractivity contribution in [3.05, 3.63) is 24.5 Å². The second kappa shape index (κ2) is 6.10. The Balaban J connectivity index is 1.71. The fourth-order valence-electron chi connectivity index (χ4n) is 2.87. The third-order valence-corrected chi connectivity index (χ3v) is 3.92. The Hall–Kier alpha value is -2.24. The normalized spacial score (nSPS) is 16.5. The number of hydrogen-bond acceptors (Lipinski definition) is 4. The maximum atomic E-state index is 12.2. The first-order chi connectivity index (χ1) is 10.9. The van der Waals surface area contributed by atoms with Gasteiger partial charge < -0.3 is 19.5 Å². The highest BCUT2D eigenvalue weighted by Gasteiger charge is 2.25. The van der Waals surface area contributed by atoms with E-state index in [2.05, 4.69) is 20.9 Å². The first kappa shape index (κ1) is 15.6. The zero-order chi connectivity index (χ0) is 16.4. The molecule has 1 aromatic heterocycles. The molecule has 0 spiro atoms. The third-order valence-electron chi connectivity index (χ3n) is 3.92. The number of aromatic nitrogens is 2. The van der Waals surface area contributed by atoms with E-state index in [-0.39, 0.29) is 6.09 Å². The Morgan fingerprint density at radius 1 is 1.22 bits per heavy atom. The molecule has 1 aliphatic rings. The lowest BCUT2D eigenvalue weighted by Crippen LogP contribution is -2.39. The van der Waals surface area contributed by atoms with Crippen LogP contribution in [0.15, 0.2) is 24.5 Å². The summed E-state index contributed by atoms with van der Waals surface area (Å²) in [6, 6.07) is 6.15. The van der Waals surface area contributed by atoms with Gasteiger partial charge in [0.2, 0.25) is 0 Å². The molecule has 1 saturated heterocycles. The number of hydrogen-bond donors (Lipinski definition) is 1. The standard InChI is InChI=1S/C17H24N4O2/c1-17(2,3)23-16(22)21-9-5-8-20(10-11-21)14-7-4-6-13-15(14)19-12-18-13/h4,6-7,12H,5,8-11H2,1-3H3,(H,18,19). The molecule has 0 radical (unpaired) electrons. The minimum Gasteiger partial charge on any atom is -0.444 e. The van der Waals surface area contributed by atoms with Crippen molar-refractivity contribution < 1.29 is 9.53 Å². The molecule has 3 rings (SSSR count). The van der Waals surface area contributed by atoms with Gasteiger partial charge in [0, 0.05) is 26.2 Å². The first-order valence-corrected chi connectivity index (χ1v) is 8.09. The summed E-state index contributed by atoms with van der Waals surface area (Å²) in [4.78, 5) is 23.9. The molecule has 2 heterocycles. The van der Waals surface area contributed by atoms with E-state index < -0.39 is 5.60 Å². The Morgan fingerprint density at radius 3 is 2.83 bits per heavy atom. The van der Waals surface area contributed by atoms with Gasteiger partial charge in [-0.2, -0.15) is 0 Å². The van der Waals surface area contributed by atoms with Crippen LogP contribution in [-0.4, -0.2) is 52.7 Å². The molecule has 2 aromatic rings. The zero-order valence-corrected chi connectivity index (χ0v) is 14.0. The highest BCUT2D eigenvalue weighted by molar-refractivity contribution is 5.88. The van der Waals surface area contributed by atoms with E-state index in [0.29, 0.717) is 6.54 Å². The lowest BCUT2D eigenvalue weighted by atomic mass is 10.2. The van der Waals surface area contributed by atoms with Crippen molar-refractivity contribution in [2.75, 3.05) is 31.1 Å². The van der Waals surface area contributed by atoms with E-state index >= 15 is 0 Å². The lowest BCUT2D eigenvalue weighted by molar-refractivity contribution is 0.0263. The summed E-state index contributed by atoms with van der Waals surface area (Å²) in [5, 5.41) is 0. The van der Waals surface area contributed by atoms with E-state index in [1.165, 1.54) is 0 Å². The second-order valence-electron chi connectivity index (χ2n) is 6.88. The van der Waals surface area contributed by atoms with E-state index in [1.807, 2.05) is 32.9 Å². The van der Waals surface area contributed by atoms with Crippen molar-refractivity contribution in [1.29, 1.82) is 0 Å². The molecule has 0 unspecified atom stereocenters. The third kappa shape index (κ3) is 3.57. The maximum Gasteiger partial charge on any atom is 0.410 e. The molecule has 1 N–H and O–H groups in total. The molecule has 1 aromatic carbocycles. The van der Waals surface area contributed by atoms with Crippen molar-refractivity contribution in [2.45, 2.75) is 32.8 Å². The van der Waals surface area contributed by atoms with Crippen molar-refractivity contribution in [1.82, 2.24) is 14.9 Å². The van der Waals surface area contributed by atoms with Crippen LogP contribution in [0.25, 0.3) is 11.0 Å². The van der Waals surface area contributed by atoms with E-state index in [9.17, 15) is 4.79 Å². The summed E-state index contributed by atoms with van der Waals surface area (Å²) in [5.41, 5.74) is 2.69. The fourth-order valence-corrected chi connectivity index (χ4v) is 2.87. The summed E-state index contributed by atoms with van der Waals surface area (Å²) in [7, 11) is 0. The Kier molecular flexibility index (Phi) is 4.15. The lowest BCUT2D eigenvalue weighted by Gasteiger charge is -2.27. The van der Waals surface area contributed by atoms with E-state index in [1.54, 1.807) is 11.2 Å². The molecular weight excluding hydrogens is 292 g/mol. The van der Waals surface area contributed by atoms with Gasteiger partial charge in [-0.3, -0.25) is 0 Å². The van der Waals surface area contributed by atoms with Crippen molar-refractivity contribution in [3.63, 3.8) is 0 Å². The summed E-state index contributed by atoms with van der Waals surface area (Å²) in [6.45, 7) is 8.77. The number of ether oxygens (including phenoxy) is 1. The number of benzene rings is 1. The van der Waals surface area contributed by atoms with Gasteiger partial charge in [-0.1, -0.05) is 6.07 Å². The Morgan fingerprint density at radius 2 is 2.04 bits per heavy atom. The van der Waals surface area contributed by atoms with E-state index in [0.717, 1.165) is 42.8 Å². The molecule has 23 heavy (non-hydrogen) atoms. The van der Waals surface area contributed by atoms with Crippen LogP contribution < -0.4 is 4.90 Å². The van der Waals surface area contributed by atoms with Gasteiger partial charge in [-0.25, -0.2) is 9.78 Å². The smallest absolute Gasteiger partial charge is 0.410 e. The monoisotopic (exact) mass is 316 g/mol. The fraction of sp³-hybridized carbons (Fsp3) is 0.529. The average Bonchev–Trinajstić information content (AvgIpc) is 2.81. The topological polar surface area (TPSA) is 61.5 Å². The molecule has 6 heteroatoms. The summed E-state index contributed by atoms with van der Waals surface area (Å²) in [6.07, 6.45) is 2.41. The number of para-hydroxylation sites is 1. The van der Waals surface area contributed by atoms with Crippen LogP contribution >= 0.6 is 0 Å². The second-order valence-corrected chi connectivity index (χ2v) is 6.88. The average molecular weight is 316 g/mol. The van der Waals surface area contributed by atoms with Crippen LogP contribution in [-0.2, 0) is 4.74 Å². The van der Waals surface area contributed by atoms with Gasteiger partial charge in [-0.15, -0.1) is 0 Å². The van der Waals surface area contributed by atoms with E-state index in [4.69, 9.17) is 4.74 Å². The van der Waals surface area contributed by atoms with Crippen LogP contribution in [0.5, 0.6) is 0 Å². The van der Waals surface area contributed by atoms with Gasteiger partial charge in [0.05, 0.1) is 17.5 Å². The number of amides is 1. The van der Waals surface area contributed by atoms with Crippen LogP contribution in [0.4, 0.5) is 10.5 Å². The number of aromatic amines is 1. The van der Waals surface area contributed by atoms with Crippen molar-refractivity contribution in [2.24, 2.45) is 0 Å². The maximum absolute atomic E-state index is 12.2. The number of rotatable bonds is 1. The molecular formula is C17H24N4O2. The summed E-state index contributed by atoms with van der Waals surface area (Å²) >= 11 is 0. The number of H-pyrrole nitrogens is 1. The molecule has 1 fully saturated rings. The van der Waals surface area contributed by atoms with Crippen LogP contribution in [0.3, 0.4) is 0 Å². The molecule has 0 bridgehead atoms. The van der Waals surface area contributed by atoms with Gasteiger partial charge in [-0.05, 0) is 39.3 Å². The molecule has 0 saturated carbocycles. The molecule has 124 valence electrons. The highest BCUT2D eigenvalue weighted by Crippen LogP contribution is 2.25. The molecule has 0 aliphatic carbocycles. The van der Waals surface area contributed by atoms with Crippen LogP contribution in [0.2, 0.25) is 0 Å². The number of imidazole rings is 1. The molecule has 1 amide bonds. The van der Waals surface area contributed by atoms with Crippen LogP contribution in [0.1, 0.15) is 27.2 Å². The predicted molar refractivity (Wildman–Crippen MR) is 90.7 cm³/mol. The minimum absolute atomic E-state index is 0.225. The Bertz CT molecular complexity index is 689. The number of fused-ring (bicyclic) bond motifs is 1. The largest absolute Gasteiger partial charge is 0.444 e. The quantitative estimate of drug-likeness (QED) is 0.878. The number of carbonyl (C=O) groups is 1. The number of nitrogens with one attached hydrogen (secondary N) is 1. The number of nitrogens with zero attached hydrogens (tertiary/aromatic N) is 3. The van der Waals surface area contributed by atoms with Crippen LogP contribution in [0, 0.1) is 0 Å². The molecule has 6 nitrogen and oxygen atoms in total.